The molecular formula is C13H16N4O. The second kappa shape index (κ2) is 4.51. The van der Waals surface area contributed by atoms with Crippen molar-refractivity contribution in [2.75, 3.05) is 13.2 Å². The maximum Gasteiger partial charge on any atom is 0.157 e. The molecule has 1 saturated heterocycles. The third-order valence-corrected chi connectivity index (χ3v) is 3.41. The molecule has 0 unspecified atom stereocenters. The summed E-state index contributed by atoms with van der Waals surface area (Å²) in [6, 6.07) is 10.0. The lowest BCUT2D eigenvalue weighted by Gasteiger charge is -2.32. The summed E-state index contributed by atoms with van der Waals surface area (Å²) in [4.78, 5) is 0. The van der Waals surface area contributed by atoms with Gasteiger partial charge in [0.25, 0.3) is 0 Å². The van der Waals surface area contributed by atoms with E-state index in [0.29, 0.717) is 13.2 Å². The average Bonchev–Trinajstić information content (AvgIpc) is 2.91. The molecule has 2 N–H and O–H groups in total. The molecule has 2 aromatic rings. The zero-order valence-electron chi connectivity index (χ0n) is 10.1. The average molecular weight is 244 g/mol. The third-order valence-electron chi connectivity index (χ3n) is 3.41. The molecule has 0 atom stereocenters. The summed E-state index contributed by atoms with van der Waals surface area (Å²) in [5.74, 6) is 0.817. The smallest absolute Gasteiger partial charge is 0.157 e. The number of nitrogens with two attached hydrogens (primary N) is 1. The molecule has 5 heteroatoms. The van der Waals surface area contributed by atoms with E-state index in [0.717, 1.165) is 24.4 Å². The number of ether oxygens (including phenoxy) is 1. The molecule has 1 fully saturated rings. The van der Waals surface area contributed by atoms with Gasteiger partial charge < -0.3 is 10.5 Å². The van der Waals surface area contributed by atoms with Crippen molar-refractivity contribution in [3.63, 3.8) is 0 Å². The van der Waals surface area contributed by atoms with Gasteiger partial charge in [-0.25, -0.2) is 0 Å². The fourth-order valence-corrected chi connectivity index (χ4v) is 2.31. The van der Waals surface area contributed by atoms with Gasteiger partial charge in [0.1, 0.15) is 6.33 Å². The van der Waals surface area contributed by atoms with Crippen LogP contribution in [0.1, 0.15) is 18.7 Å². The van der Waals surface area contributed by atoms with Crippen LogP contribution in [0, 0.1) is 0 Å². The van der Waals surface area contributed by atoms with Gasteiger partial charge in [0.15, 0.2) is 5.82 Å². The monoisotopic (exact) mass is 244 g/mol. The Kier molecular flexibility index (Phi) is 2.85. The Hall–Kier alpha value is -1.72. The molecule has 94 valence electrons. The number of nitrogens with zero attached hydrogens (tertiary/aromatic N) is 3. The zero-order chi connectivity index (χ0) is 12.4. The number of para-hydroxylation sites is 1. The van der Waals surface area contributed by atoms with Crippen LogP contribution < -0.4 is 5.73 Å². The van der Waals surface area contributed by atoms with Gasteiger partial charge in [0.05, 0.1) is 5.54 Å². The highest BCUT2D eigenvalue weighted by Crippen LogP contribution is 2.29. The molecule has 3 rings (SSSR count). The Balaban J connectivity index is 2.01. The number of hydrogen-bond acceptors (Lipinski definition) is 4. The fraction of sp³-hybridized carbons (Fsp3) is 0.385. The molecule has 0 saturated carbocycles. The van der Waals surface area contributed by atoms with Crippen molar-refractivity contribution in [1.29, 1.82) is 0 Å². The molecule has 1 aliphatic heterocycles. The molecule has 1 aliphatic rings. The van der Waals surface area contributed by atoms with Crippen LogP contribution in [-0.2, 0) is 10.3 Å². The van der Waals surface area contributed by atoms with Gasteiger partial charge in [-0.3, -0.25) is 4.57 Å². The minimum absolute atomic E-state index is 0.440. The Morgan fingerprint density at radius 3 is 2.61 bits per heavy atom. The molecular weight excluding hydrogens is 228 g/mol. The summed E-state index contributed by atoms with van der Waals surface area (Å²) >= 11 is 0. The van der Waals surface area contributed by atoms with E-state index < -0.39 is 5.54 Å². The van der Waals surface area contributed by atoms with Crippen LogP contribution in [0.25, 0.3) is 5.69 Å². The number of aromatic nitrogens is 3. The largest absolute Gasteiger partial charge is 0.381 e. The molecule has 1 aromatic heterocycles. The van der Waals surface area contributed by atoms with E-state index in [2.05, 4.69) is 10.2 Å². The van der Waals surface area contributed by atoms with E-state index in [4.69, 9.17) is 10.5 Å². The van der Waals surface area contributed by atoms with Gasteiger partial charge in [-0.15, -0.1) is 10.2 Å². The molecule has 2 heterocycles. The summed E-state index contributed by atoms with van der Waals surface area (Å²) in [5, 5.41) is 8.23. The first-order valence-electron chi connectivity index (χ1n) is 6.12. The first-order valence-corrected chi connectivity index (χ1v) is 6.12. The van der Waals surface area contributed by atoms with Crippen molar-refractivity contribution >= 4 is 0 Å². The van der Waals surface area contributed by atoms with Crippen LogP contribution in [0.3, 0.4) is 0 Å². The molecule has 18 heavy (non-hydrogen) atoms. The summed E-state index contributed by atoms with van der Waals surface area (Å²) in [5.41, 5.74) is 7.06. The number of benzene rings is 1. The van der Waals surface area contributed by atoms with Crippen molar-refractivity contribution in [3.8, 4) is 5.69 Å². The van der Waals surface area contributed by atoms with E-state index in [1.165, 1.54) is 0 Å². The summed E-state index contributed by atoms with van der Waals surface area (Å²) in [7, 11) is 0. The Bertz CT molecular complexity index is 517. The minimum Gasteiger partial charge on any atom is -0.381 e. The quantitative estimate of drug-likeness (QED) is 0.863. The van der Waals surface area contributed by atoms with Crippen molar-refractivity contribution in [2.45, 2.75) is 18.4 Å². The van der Waals surface area contributed by atoms with Gasteiger partial charge >= 0.3 is 0 Å². The highest BCUT2D eigenvalue weighted by molar-refractivity contribution is 5.33. The SMILES string of the molecule is NC1(c2nncn2-c2ccccc2)CCOCC1. The van der Waals surface area contributed by atoms with Crippen LogP contribution in [0.5, 0.6) is 0 Å². The van der Waals surface area contributed by atoms with Crippen LogP contribution in [0.15, 0.2) is 36.7 Å². The molecule has 0 spiro atoms. The zero-order valence-corrected chi connectivity index (χ0v) is 10.1. The Morgan fingerprint density at radius 2 is 1.89 bits per heavy atom. The number of hydrogen-bond donors (Lipinski definition) is 1. The predicted octanol–water partition coefficient (Wildman–Crippen LogP) is 1.23. The second-order valence-electron chi connectivity index (χ2n) is 4.63. The van der Waals surface area contributed by atoms with E-state index in [1.54, 1.807) is 6.33 Å². The summed E-state index contributed by atoms with van der Waals surface area (Å²) < 4.78 is 7.33. The maximum atomic E-state index is 6.46. The van der Waals surface area contributed by atoms with Gasteiger partial charge in [-0.05, 0) is 25.0 Å². The Labute approximate surface area is 106 Å². The molecule has 0 bridgehead atoms. The third kappa shape index (κ3) is 1.91. The van der Waals surface area contributed by atoms with Crippen molar-refractivity contribution in [3.05, 3.63) is 42.5 Å². The molecule has 5 nitrogen and oxygen atoms in total. The fourth-order valence-electron chi connectivity index (χ4n) is 2.31. The van der Waals surface area contributed by atoms with Crippen LogP contribution in [0.4, 0.5) is 0 Å². The minimum atomic E-state index is -0.440. The van der Waals surface area contributed by atoms with Gasteiger partial charge in [-0.2, -0.15) is 0 Å². The highest BCUT2D eigenvalue weighted by Gasteiger charge is 2.34. The molecule has 0 amide bonds. The first kappa shape index (κ1) is 11.4. The standard InChI is InChI=1S/C13H16N4O/c14-13(6-8-18-9-7-13)12-16-15-10-17(12)11-4-2-1-3-5-11/h1-5,10H,6-9,14H2. The van der Waals surface area contributed by atoms with Crippen molar-refractivity contribution in [1.82, 2.24) is 14.8 Å². The van der Waals surface area contributed by atoms with E-state index in [9.17, 15) is 0 Å². The maximum absolute atomic E-state index is 6.46. The summed E-state index contributed by atoms with van der Waals surface area (Å²) in [6.07, 6.45) is 3.27. The van der Waals surface area contributed by atoms with Gasteiger partial charge in [-0.1, -0.05) is 18.2 Å². The van der Waals surface area contributed by atoms with Crippen LogP contribution >= 0.6 is 0 Å². The lowest BCUT2D eigenvalue weighted by atomic mass is 9.90. The Morgan fingerprint density at radius 1 is 1.17 bits per heavy atom. The van der Waals surface area contributed by atoms with Crippen LogP contribution in [-0.4, -0.2) is 28.0 Å². The highest BCUT2D eigenvalue weighted by atomic mass is 16.5. The van der Waals surface area contributed by atoms with Gasteiger partial charge in [0.2, 0.25) is 0 Å². The lowest BCUT2D eigenvalue weighted by Crippen LogP contribution is -2.44. The number of rotatable bonds is 2. The van der Waals surface area contributed by atoms with Gasteiger partial charge in [0, 0.05) is 18.9 Å². The molecule has 0 aliphatic carbocycles. The van der Waals surface area contributed by atoms with E-state index in [-0.39, 0.29) is 0 Å². The topological polar surface area (TPSA) is 66.0 Å². The lowest BCUT2D eigenvalue weighted by molar-refractivity contribution is 0.0485. The first-order chi connectivity index (χ1) is 8.80. The van der Waals surface area contributed by atoms with E-state index in [1.807, 2.05) is 34.9 Å². The van der Waals surface area contributed by atoms with Crippen LogP contribution in [0.2, 0.25) is 0 Å². The van der Waals surface area contributed by atoms with Crippen molar-refractivity contribution < 1.29 is 4.74 Å². The normalized spacial score (nSPS) is 18.7. The second-order valence-corrected chi connectivity index (χ2v) is 4.63. The predicted molar refractivity (Wildman–Crippen MR) is 67.3 cm³/mol. The summed E-state index contributed by atoms with van der Waals surface area (Å²) in [6.45, 7) is 1.36. The van der Waals surface area contributed by atoms with E-state index >= 15 is 0 Å². The van der Waals surface area contributed by atoms with Crippen molar-refractivity contribution in [2.24, 2.45) is 5.73 Å². The molecule has 1 aromatic carbocycles. The molecule has 0 radical (unpaired) electrons.